The lowest BCUT2D eigenvalue weighted by molar-refractivity contribution is -0.131. The highest BCUT2D eigenvalue weighted by atomic mass is 35.5. The second-order valence-corrected chi connectivity index (χ2v) is 6.82. The van der Waals surface area contributed by atoms with Gasteiger partial charge in [0.15, 0.2) is 13.2 Å². The molecule has 2 N–H and O–H groups in total. The molecule has 0 bridgehead atoms. The molecule has 0 aliphatic heterocycles. The quantitative estimate of drug-likeness (QED) is 0.681. The Labute approximate surface area is 167 Å². The average molecular weight is 411 g/mol. The van der Waals surface area contributed by atoms with Crippen LogP contribution < -0.4 is 20.3 Å². The molecule has 6 nitrogen and oxygen atoms in total. The van der Waals surface area contributed by atoms with Crippen LogP contribution in [0.15, 0.2) is 42.5 Å². The summed E-state index contributed by atoms with van der Waals surface area (Å²) in [7, 11) is 0. The minimum atomic E-state index is -0.555. The molecule has 0 saturated heterocycles. The van der Waals surface area contributed by atoms with Gasteiger partial charge in [-0.1, -0.05) is 49.2 Å². The first-order chi connectivity index (χ1) is 12.8. The van der Waals surface area contributed by atoms with Crippen LogP contribution >= 0.6 is 23.2 Å². The third kappa shape index (κ3) is 7.00. The molecule has 2 aromatic carbocycles. The zero-order valence-corrected chi connectivity index (χ0v) is 16.4. The zero-order chi connectivity index (χ0) is 19.8. The van der Waals surface area contributed by atoms with Crippen LogP contribution in [0.4, 0.5) is 0 Å². The Morgan fingerprint density at radius 2 is 1.52 bits per heavy atom. The van der Waals surface area contributed by atoms with Crippen LogP contribution in [0.1, 0.15) is 25.3 Å². The van der Waals surface area contributed by atoms with E-state index in [4.69, 9.17) is 32.7 Å². The van der Waals surface area contributed by atoms with E-state index in [1.54, 1.807) is 24.3 Å². The number of carbonyl (C=O) groups excluding carboxylic acids is 2. The molecule has 0 aliphatic carbocycles. The van der Waals surface area contributed by atoms with Gasteiger partial charge in [-0.15, -0.1) is 0 Å². The van der Waals surface area contributed by atoms with E-state index in [1.807, 2.05) is 12.1 Å². The number of carbonyl (C=O) groups is 2. The van der Waals surface area contributed by atoms with Gasteiger partial charge < -0.3 is 9.47 Å². The van der Waals surface area contributed by atoms with Crippen LogP contribution in [0, 0.1) is 0 Å². The maximum Gasteiger partial charge on any atom is 0.276 e. The van der Waals surface area contributed by atoms with Crippen molar-refractivity contribution in [1.29, 1.82) is 0 Å². The molecule has 2 amide bonds. The minimum Gasteiger partial charge on any atom is -0.484 e. The predicted octanol–water partition coefficient (Wildman–Crippen LogP) is 3.72. The maximum atomic E-state index is 11.7. The van der Waals surface area contributed by atoms with E-state index in [9.17, 15) is 9.59 Å². The number of hydrazine groups is 1. The van der Waals surface area contributed by atoms with Crippen LogP contribution in [-0.2, 0) is 9.59 Å². The molecule has 0 aromatic heterocycles. The summed E-state index contributed by atoms with van der Waals surface area (Å²) in [6.07, 6.45) is 0. The maximum absolute atomic E-state index is 11.7. The van der Waals surface area contributed by atoms with E-state index in [1.165, 1.54) is 11.6 Å². The number of amides is 2. The Kier molecular flexibility index (Phi) is 7.76. The lowest BCUT2D eigenvalue weighted by atomic mass is 10.0. The Morgan fingerprint density at radius 1 is 0.926 bits per heavy atom. The number of halogens is 2. The van der Waals surface area contributed by atoms with Gasteiger partial charge in [0.05, 0.1) is 5.02 Å². The summed E-state index contributed by atoms with van der Waals surface area (Å²) in [5.41, 5.74) is 5.65. The topological polar surface area (TPSA) is 76.7 Å². The van der Waals surface area contributed by atoms with Crippen molar-refractivity contribution >= 4 is 35.0 Å². The molecule has 0 unspecified atom stereocenters. The fourth-order valence-corrected chi connectivity index (χ4v) is 2.37. The lowest BCUT2D eigenvalue weighted by Crippen LogP contribution is -2.45. The van der Waals surface area contributed by atoms with Gasteiger partial charge in [-0.3, -0.25) is 20.4 Å². The summed E-state index contributed by atoms with van der Waals surface area (Å²) in [5, 5.41) is 0.759. The van der Waals surface area contributed by atoms with Gasteiger partial charge in [-0.2, -0.15) is 0 Å². The van der Waals surface area contributed by atoms with Gasteiger partial charge in [0.1, 0.15) is 11.5 Å². The number of rotatable bonds is 7. The molecule has 144 valence electrons. The monoisotopic (exact) mass is 410 g/mol. The third-order valence-corrected chi connectivity index (χ3v) is 4.06. The molecular weight excluding hydrogens is 391 g/mol. The van der Waals surface area contributed by atoms with Gasteiger partial charge in [0, 0.05) is 11.1 Å². The Hall–Kier alpha value is -2.44. The molecule has 0 aliphatic rings. The van der Waals surface area contributed by atoms with Crippen molar-refractivity contribution in [1.82, 2.24) is 10.9 Å². The number of hydrogen-bond donors (Lipinski definition) is 2. The van der Waals surface area contributed by atoms with Gasteiger partial charge in [0.25, 0.3) is 11.8 Å². The molecule has 0 heterocycles. The first kappa shape index (κ1) is 20.9. The number of ether oxygens (including phenoxy) is 2. The van der Waals surface area contributed by atoms with Crippen LogP contribution in [-0.4, -0.2) is 25.0 Å². The van der Waals surface area contributed by atoms with Gasteiger partial charge in [0.2, 0.25) is 0 Å². The normalized spacial score (nSPS) is 10.4. The summed E-state index contributed by atoms with van der Waals surface area (Å²) < 4.78 is 10.6. The summed E-state index contributed by atoms with van der Waals surface area (Å²) in [6, 6.07) is 12.1. The molecule has 0 fully saturated rings. The molecule has 2 rings (SSSR count). The molecule has 2 aromatic rings. The predicted molar refractivity (Wildman–Crippen MR) is 104 cm³/mol. The first-order valence-corrected chi connectivity index (χ1v) is 8.99. The van der Waals surface area contributed by atoms with Crippen molar-refractivity contribution in [3.05, 3.63) is 58.1 Å². The van der Waals surface area contributed by atoms with Crippen LogP contribution in [0.5, 0.6) is 11.5 Å². The van der Waals surface area contributed by atoms with E-state index in [0.717, 1.165) is 0 Å². The van der Waals surface area contributed by atoms with Crippen molar-refractivity contribution in [3.63, 3.8) is 0 Å². The number of nitrogens with one attached hydrogen (secondary N) is 2. The molecule has 0 radical (unpaired) electrons. The highest BCUT2D eigenvalue weighted by molar-refractivity contribution is 6.34. The molecule has 0 atom stereocenters. The Morgan fingerprint density at radius 3 is 2.11 bits per heavy atom. The standard InChI is InChI=1S/C19H20Cl2N2O4/c1-12(2)13-3-6-15(7-4-13)26-10-18(24)22-23-19(25)11-27-17-9-14(20)5-8-16(17)21/h3-9,12H,10-11H2,1-2H3,(H,22,24)(H,23,25). The Balaban J connectivity index is 1.70. The zero-order valence-electron chi connectivity index (χ0n) is 14.9. The fourth-order valence-electron chi connectivity index (χ4n) is 2.04. The molecular formula is C19H20Cl2N2O4. The van der Waals surface area contributed by atoms with Crippen molar-refractivity contribution in [3.8, 4) is 11.5 Å². The molecule has 8 heteroatoms. The van der Waals surface area contributed by atoms with Gasteiger partial charge >= 0.3 is 0 Å². The van der Waals surface area contributed by atoms with Crippen LogP contribution in [0.25, 0.3) is 0 Å². The van der Waals surface area contributed by atoms with Crippen molar-refractivity contribution in [2.24, 2.45) is 0 Å². The van der Waals surface area contributed by atoms with E-state index in [-0.39, 0.29) is 19.0 Å². The van der Waals surface area contributed by atoms with E-state index >= 15 is 0 Å². The second kappa shape index (κ2) is 10.0. The van der Waals surface area contributed by atoms with E-state index in [0.29, 0.717) is 21.7 Å². The number of hydrogen-bond acceptors (Lipinski definition) is 4. The Bertz CT molecular complexity index is 795. The van der Waals surface area contributed by atoms with Crippen molar-refractivity contribution in [2.45, 2.75) is 19.8 Å². The summed E-state index contributed by atoms with van der Waals surface area (Å²) in [5.74, 6) is 0.206. The second-order valence-electron chi connectivity index (χ2n) is 5.97. The van der Waals surface area contributed by atoms with Crippen molar-refractivity contribution in [2.75, 3.05) is 13.2 Å². The largest absolute Gasteiger partial charge is 0.484 e. The van der Waals surface area contributed by atoms with Crippen molar-refractivity contribution < 1.29 is 19.1 Å². The summed E-state index contributed by atoms with van der Waals surface area (Å²) in [4.78, 5) is 23.5. The van der Waals surface area contributed by atoms with Gasteiger partial charge in [-0.25, -0.2) is 0 Å². The van der Waals surface area contributed by atoms with E-state index in [2.05, 4.69) is 24.7 Å². The van der Waals surface area contributed by atoms with Crippen LogP contribution in [0.2, 0.25) is 10.0 Å². The highest BCUT2D eigenvalue weighted by Gasteiger charge is 2.09. The molecule has 27 heavy (non-hydrogen) atoms. The summed E-state index contributed by atoms with van der Waals surface area (Å²) >= 11 is 11.8. The minimum absolute atomic E-state index is 0.234. The fraction of sp³-hybridized carbons (Fsp3) is 0.263. The third-order valence-electron chi connectivity index (χ3n) is 3.51. The molecule has 0 saturated carbocycles. The molecule has 0 spiro atoms. The average Bonchev–Trinajstić information content (AvgIpc) is 2.65. The summed E-state index contributed by atoms with van der Waals surface area (Å²) in [6.45, 7) is 3.62. The highest BCUT2D eigenvalue weighted by Crippen LogP contribution is 2.27. The smallest absolute Gasteiger partial charge is 0.276 e. The first-order valence-electron chi connectivity index (χ1n) is 8.23. The number of benzene rings is 2. The SMILES string of the molecule is CC(C)c1ccc(OCC(=O)NNC(=O)COc2cc(Cl)ccc2Cl)cc1. The van der Waals surface area contributed by atoms with Crippen LogP contribution in [0.3, 0.4) is 0 Å². The lowest BCUT2D eigenvalue weighted by Gasteiger charge is -2.11. The van der Waals surface area contributed by atoms with Gasteiger partial charge in [-0.05, 0) is 35.7 Å². The van der Waals surface area contributed by atoms with E-state index < -0.39 is 11.8 Å².